The molecule has 0 amide bonds. The minimum atomic E-state index is -0.279. The van der Waals surface area contributed by atoms with Crippen LogP contribution in [0.15, 0.2) is 11.1 Å². The monoisotopic (exact) mass is 192 g/mol. The van der Waals surface area contributed by atoms with E-state index in [9.17, 15) is 9.59 Å². The lowest BCUT2D eigenvalue weighted by molar-refractivity contribution is -0.125. The van der Waals surface area contributed by atoms with Crippen LogP contribution in [0.5, 0.6) is 0 Å². The summed E-state index contributed by atoms with van der Waals surface area (Å²) in [5, 5.41) is 0. The van der Waals surface area contributed by atoms with Crippen LogP contribution in [-0.2, 0) is 9.59 Å². The van der Waals surface area contributed by atoms with Gasteiger partial charge in [0, 0.05) is 18.3 Å². The van der Waals surface area contributed by atoms with Gasteiger partial charge in [0.25, 0.3) is 0 Å². The molecule has 0 unspecified atom stereocenters. The highest BCUT2D eigenvalue weighted by molar-refractivity contribution is 6.02. The van der Waals surface area contributed by atoms with Crippen LogP contribution >= 0.6 is 0 Å². The number of ketones is 2. The number of rotatable bonds is 1. The molecule has 14 heavy (non-hydrogen) atoms. The Kier molecular flexibility index (Phi) is 2.09. The second-order valence-corrected chi connectivity index (χ2v) is 4.49. The predicted molar refractivity (Wildman–Crippen MR) is 53.9 cm³/mol. The molecule has 0 radical (unpaired) electrons. The Morgan fingerprint density at radius 3 is 2.57 bits per heavy atom. The van der Waals surface area contributed by atoms with Gasteiger partial charge in [0.2, 0.25) is 0 Å². The molecule has 2 nitrogen and oxygen atoms in total. The maximum absolute atomic E-state index is 11.8. The molecule has 2 aliphatic carbocycles. The smallest absolute Gasteiger partial charge is 0.158 e. The molecule has 1 saturated carbocycles. The topological polar surface area (TPSA) is 34.1 Å². The molecule has 0 spiro atoms. The van der Waals surface area contributed by atoms with Gasteiger partial charge in [-0.05, 0) is 37.3 Å². The average Bonchev–Trinajstić information content (AvgIpc) is 2.45. The van der Waals surface area contributed by atoms with Crippen molar-refractivity contribution in [2.75, 3.05) is 0 Å². The molecule has 0 aromatic rings. The molecular weight excluding hydrogens is 176 g/mol. The zero-order valence-electron chi connectivity index (χ0n) is 8.85. The minimum Gasteiger partial charge on any atom is -0.299 e. The summed E-state index contributed by atoms with van der Waals surface area (Å²) < 4.78 is 0. The van der Waals surface area contributed by atoms with Crippen LogP contribution in [0.2, 0.25) is 0 Å². The lowest BCUT2D eigenvalue weighted by Gasteiger charge is -2.30. The van der Waals surface area contributed by atoms with E-state index < -0.39 is 0 Å². The third-order valence-corrected chi connectivity index (χ3v) is 3.79. The van der Waals surface area contributed by atoms with E-state index in [2.05, 4.69) is 0 Å². The summed E-state index contributed by atoms with van der Waals surface area (Å²) in [5.74, 6) is 0.612. The highest BCUT2D eigenvalue weighted by Gasteiger charge is 2.46. The standard InChI is InChI=1S/C12H16O2/c1-3-8-9-4-5-11(14)12(9,2)7-6-10(8)13/h3-7H2,1-2H3/t12-/m1/s1. The van der Waals surface area contributed by atoms with Crippen molar-refractivity contribution in [2.45, 2.75) is 46.0 Å². The Morgan fingerprint density at radius 1 is 1.21 bits per heavy atom. The quantitative estimate of drug-likeness (QED) is 0.639. The van der Waals surface area contributed by atoms with E-state index in [0.717, 1.165) is 30.4 Å². The van der Waals surface area contributed by atoms with Gasteiger partial charge in [-0.15, -0.1) is 0 Å². The van der Waals surface area contributed by atoms with E-state index in [4.69, 9.17) is 0 Å². The van der Waals surface area contributed by atoms with Crippen molar-refractivity contribution in [1.29, 1.82) is 0 Å². The number of carbonyl (C=O) groups excluding carboxylic acids is 2. The zero-order chi connectivity index (χ0) is 10.3. The Labute approximate surface area is 84.4 Å². The normalized spacial score (nSPS) is 32.4. The van der Waals surface area contributed by atoms with Gasteiger partial charge in [-0.3, -0.25) is 9.59 Å². The first kappa shape index (κ1) is 9.63. The van der Waals surface area contributed by atoms with Gasteiger partial charge in [0.05, 0.1) is 0 Å². The molecule has 0 bridgehead atoms. The van der Waals surface area contributed by atoms with Crippen LogP contribution in [0.1, 0.15) is 46.0 Å². The molecular formula is C12H16O2. The first-order valence-corrected chi connectivity index (χ1v) is 5.38. The van der Waals surface area contributed by atoms with Crippen molar-refractivity contribution in [3.05, 3.63) is 11.1 Å². The Bertz CT molecular complexity index is 338. The number of fused-ring (bicyclic) bond motifs is 1. The van der Waals surface area contributed by atoms with Crippen LogP contribution in [-0.4, -0.2) is 11.6 Å². The predicted octanol–water partition coefficient (Wildman–Crippen LogP) is 2.43. The molecule has 0 N–H and O–H groups in total. The number of hydrogen-bond donors (Lipinski definition) is 0. The van der Waals surface area contributed by atoms with Crippen molar-refractivity contribution < 1.29 is 9.59 Å². The van der Waals surface area contributed by atoms with E-state index in [1.54, 1.807) is 0 Å². The number of hydrogen-bond acceptors (Lipinski definition) is 2. The van der Waals surface area contributed by atoms with Crippen molar-refractivity contribution in [1.82, 2.24) is 0 Å². The zero-order valence-corrected chi connectivity index (χ0v) is 8.85. The SMILES string of the molecule is CCC1=C2CCC(=O)[C@]2(C)CCC1=O. The van der Waals surface area contributed by atoms with Crippen LogP contribution in [0.25, 0.3) is 0 Å². The van der Waals surface area contributed by atoms with Crippen LogP contribution in [0, 0.1) is 5.41 Å². The highest BCUT2D eigenvalue weighted by Crippen LogP contribution is 2.48. The van der Waals surface area contributed by atoms with Gasteiger partial charge in [-0.1, -0.05) is 6.92 Å². The van der Waals surface area contributed by atoms with E-state index in [-0.39, 0.29) is 11.2 Å². The molecule has 2 heteroatoms. The number of carbonyl (C=O) groups is 2. The van der Waals surface area contributed by atoms with Crippen molar-refractivity contribution in [3.63, 3.8) is 0 Å². The van der Waals surface area contributed by atoms with E-state index >= 15 is 0 Å². The van der Waals surface area contributed by atoms with Gasteiger partial charge in [-0.25, -0.2) is 0 Å². The third-order valence-electron chi connectivity index (χ3n) is 3.79. The van der Waals surface area contributed by atoms with Gasteiger partial charge in [0.1, 0.15) is 5.78 Å². The first-order valence-electron chi connectivity index (χ1n) is 5.38. The third kappa shape index (κ3) is 1.09. The summed E-state index contributed by atoms with van der Waals surface area (Å²) in [6.07, 6.45) is 3.56. The molecule has 76 valence electrons. The van der Waals surface area contributed by atoms with Gasteiger partial charge in [0.15, 0.2) is 5.78 Å². The largest absolute Gasteiger partial charge is 0.299 e. The van der Waals surface area contributed by atoms with Crippen molar-refractivity contribution >= 4 is 11.6 Å². The summed E-state index contributed by atoms with van der Waals surface area (Å²) >= 11 is 0. The molecule has 1 atom stereocenters. The molecule has 0 saturated heterocycles. The second kappa shape index (κ2) is 3.04. The molecule has 0 heterocycles. The first-order chi connectivity index (χ1) is 6.59. The Balaban J connectivity index is 2.53. The Hall–Kier alpha value is -0.920. The van der Waals surface area contributed by atoms with Crippen molar-refractivity contribution in [2.24, 2.45) is 5.41 Å². The van der Waals surface area contributed by atoms with Crippen molar-refractivity contribution in [3.8, 4) is 0 Å². The molecule has 1 fully saturated rings. The van der Waals surface area contributed by atoms with Gasteiger partial charge >= 0.3 is 0 Å². The summed E-state index contributed by atoms with van der Waals surface area (Å²) in [5.41, 5.74) is 1.82. The minimum absolute atomic E-state index is 0.273. The lowest BCUT2D eigenvalue weighted by Crippen LogP contribution is -2.30. The maximum Gasteiger partial charge on any atom is 0.158 e. The lowest BCUT2D eigenvalue weighted by atomic mass is 9.71. The fourth-order valence-electron chi connectivity index (χ4n) is 2.83. The average molecular weight is 192 g/mol. The van der Waals surface area contributed by atoms with E-state index in [1.807, 2.05) is 13.8 Å². The van der Waals surface area contributed by atoms with Crippen LogP contribution in [0.3, 0.4) is 0 Å². The maximum atomic E-state index is 11.8. The molecule has 0 aromatic heterocycles. The fraction of sp³-hybridized carbons (Fsp3) is 0.667. The van der Waals surface area contributed by atoms with E-state index in [0.29, 0.717) is 18.6 Å². The van der Waals surface area contributed by atoms with Crippen LogP contribution < -0.4 is 0 Å². The van der Waals surface area contributed by atoms with Gasteiger partial charge in [-0.2, -0.15) is 0 Å². The summed E-state index contributed by atoms with van der Waals surface area (Å²) in [4.78, 5) is 23.4. The Morgan fingerprint density at radius 2 is 1.93 bits per heavy atom. The molecule has 0 aromatic carbocycles. The van der Waals surface area contributed by atoms with E-state index in [1.165, 1.54) is 0 Å². The highest BCUT2D eigenvalue weighted by atomic mass is 16.1. The van der Waals surface area contributed by atoms with Gasteiger partial charge < -0.3 is 0 Å². The number of allylic oxidation sites excluding steroid dienone is 2. The second-order valence-electron chi connectivity index (χ2n) is 4.49. The summed E-state index contributed by atoms with van der Waals surface area (Å²) in [7, 11) is 0. The molecule has 2 rings (SSSR count). The fourth-order valence-corrected chi connectivity index (χ4v) is 2.83. The van der Waals surface area contributed by atoms with Crippen LogP contribution in [0.4, 0.5) is 0 Å². The molecule has 0 aliphatic heterocycles. The number of Topliss-reactive ketones (excluding diaryl/α,β-unsaturated/α-hetero) is 2. The summed E-state index contributed by atoms with van der Waals surface area (Å²) in [6, 6.07) is 0. The molecule has 2 aliphatic rings. The summed E-state index contributed by atoms with van der Waals surface area (Å²) in [6.45, 7) is 4.02.